The Balaban J connectivity index is 2.43. The molecule has 0 amide bonds. The molecule has 0 radical (unpaired) electrons. The third-order valence-electron chi connectivity index (χ3n) is 2.86. The number of carbonyl (C=O) groups is 2. The van der Waals surface area contributed by atoms with Crippen LogP contribution in [0.4, 0.5) is 0 Å². The van der Waals surface area contributed by atoms with Crippen LogP contribution in [0.15, 0.2) is 28.7 Å². The third kappa shape index (κ3) is 6.47. The Bertz CT molecular complexity index is 454. The number of hydrogen-bond donors (Lipinski definition) is 0. The number of rotatable bonds is 9. The van der Waals surface area contributed by atoms with Crippen molar-refractivity contribution in [2.45, 2.75) is 26.7 Å². The lowest BCUT2D eigenvalue weighted by Crippen LogP contribution is -2.28. The van der Waals surface area contributed by atoms with Gasteiger partial charge < -0.3 is 14.2 Å². The standard InChI is InChI=1S/C16H21BrO5/c1-3-20-15(18)14(16(19)21-4-2)6-5-11-22-13-9-7-12(17)8-10-13/h7-10,14H,3-6,11H2,1-2H3. The predicted octanol–water partition coefficient (Wildman–Crippen LogP) is 3.35. The lowest BCUT2D eigenvalue weighted by molar-refractivity contribution is -0.162. The van der Waals surface area contributed by atoms with Gasteiger partial charge in [-0.3, -0.25) is 9.59 Å². The normalized spacial score (nSPS) is 10.4. The number of ether oxygens (including phenoxy) is 3. The van der Waals surface area contributed by atoms with Crippen molar-refractivity contribution in [3.63, 3.8) is 0 Å². The highest BCUT2D eigenvalue weighted by Crippen LogP contribution is 2.17. The van der Waals surface area contributed by atoms with Gasteiger partial charge in [-0.15, -0.1) is 0 Å². The van der Waals surface area contributed by atoms with Crippen molar-refractivity contribution in [2.24, 2.45) is 5.92 Å². The second kappa shape index (κ2) is 10.2. The maximum absolute atomic E-state index is 11.8. The van der Waals surface area contributed by atoms with Gasteiger partial charge >= 0.3 is 11.9 Å². The zero-order chi connectivity index (χ0) is 16.4. The van der Waals surface area contributed by atoms with E-state index in [4.69, 9.17) is 14.2 Å². The zero-order valence-electron chi connectivity index (χ0n) is 12.8. The van der Waals surface area contributed by atoms with Crippen LogP contribution in [-0.2, 0) is 19.1 Å². The third-order valence-corrected chi connectivity index (χ3v) is 3.39. The van der Waals surface area contributed by atoms with Crippen molar-refractivity contribution in [3.8, 4) is 5.75 Å². The summed E-state index contributed by atoms with van der Waals surface area (Å²) in [6, 6.07) is 7.46. The molecule has 0 saturated carbocycles. The van der Waals surface area contributed by atoms with Gasteiger partial charge in [-0.25, -0.2) is 0 Å². The molecule has 1 aromatic carbocycles. The Kier molecular flexibility index (Phi) is 8.58. The molecular formula is C16H21BrO5. The molecule has 1 rings (SSSR count). The highest BCUT2D eigenvalue weighted by atomic mass is 79.9. The molecule has 0 aliphatic heterocycles. The second-order valence-corrected chi connectivity index (χ2v) is 5.42. The van der Waals surface area contributed by atoms with Crippen LogP contribution in [0, 0.1) is 5.92 Å². The SMILES string of the molecule is CCOC(=O)C(CCCOc1ccc(Br)cc1)C(=O)OCC. The van der Waals surface area contributed by atoms with Gasteiger partial charge in [0.1, 0.15) is 5.75 Å². The molecule has 5 nitrogen and oxygen atoms in total. The summed E-state index contributed by atoms with van der Waals surface area (Å²) in [6.07, 6.45) is 0.895. The van der Waals surface area contributed by atoms with Crippen LogP contribution in [0.5, 0.6) is 5.75 Å². The summed E-state index contributed by atoms with van der Waals surface area (Å²) in [7, 11) is 0. The van der Waals surface area contributed by atoms with E-state index in [-0.39, 0.29) is 13.2 Å². The first-order chi connectivity index (χ1) is 10.6. The zero-order valence-corrected chi connectivity index (χ0v) is 14.4. The van der Waals surface area contributed by atoms with Crippen LogP contribution in [0.25, 0.3) is 0 Å². The van der Waals surface area contributed by atoms with Crippen molar-refractivity contribution in [2.75, 3.05) is 19.8 Å². The molecular weight excluding hydrogens is 352 g/mol. The molecule has 1 aromatic rings. The van der Waals surface area contributed by atoms with Crippen LogP contribution in [-0.4, -0.2) is 31.8 Å². The lowest BCUT2D eigenvalue weighted by atomic mass is 10.0. The molecule has 22 heavy (non-hydrogen) atoms. The molecule has 0 unspecified atom stereocenters. The summed E-state index contributed by atoms with van der Waals surface area (Å²) in [4.78, 5) is 23.6. The highest BCUT2D eigenvalue weighted by Gasteiger charge is 2.28. The maximum atomic E-state index is 11.8. The van der Waals surface area contributed by atoms with E-state index in [9.17, 15) is 9.59 Å². The van der Waals surface area contributed by atoms with Gasteiger partial charge in [0, 0.05) is 4.47 Å². The molecule has 0 saturated heterocycles. The van der Waals surface area contributed by atoms with E-state index in [1.54, 1.807) is 13.8 Å². The van der Waals surface area contributed by atoms with E-state index in [2.05, 4.69) is 15.9 Å². The summed E-state index contributed by atoms with van der Waals surface area (Å²) < 4.78 is 16.4. The van der Waals surface area contributed by atoms with Gasteiger partial charge in [0.2, 0.25) is 0 Å². The van der Waals surface area contributed by atoms with E-state index in [0.717, 1.165) is 10.2 Å². The number of carbonyl (C=O) groups excluding carboxylic acids is 2. The van der Waals surface area contributed by atoms with Gasteiger partial charge in [-0.05, 0) is 51.0 Å². The number of halogens is 1. The fourth-order valence-corrected chi connectivity index (χ4v) is 2.09. The van der Waals surface area contributed by atoms with E-state index < -0.39 is 17.9 Å². The van der Waals surface area contributed by atoms with Crippen molar-refractivity contribution in [3.05, 3.63) is 28.7 Å². The summed E-state index contributed by atoms with van der Waals surface area (Å²) in [5.41, 5.74) is 0. The molecule has 6 heteroatoms. The average Bonchev–Trinajstić information content (AvgIpc) is 2.49. The van der Waals surface area contributed by atoms with Crippen molar-refractivity contribution < 1.29 is 23.8 Å². The van der Waals surface area contributed by atoms with E-state index >= 15 is 0 Å². The summed E-state index contributed by atoms with van der Waals surface area (Å²) >= 11 is 3.35. The monoisotopic (exact) mass is 372 g/mol. The molecule has 0 fully saturated rings. The number of esters is 2. The lowest BCUT2D eigenvalue weighted by Gasteiger charge is -2.14. The van der Waals surface area contributed by atoms with Crippen molar-refractivity contribution in [1.29, 1.82) is 0 Å². The topological polar surface area (TPSA) is 61.8 Å². The van der Waals surface area contributed by atoms with Crippen LogP contribution < -0.4 is 4.74 Å². The molecule has 0 aliphatic carbocycles. The minimum Gasteiger partial charge on any atom is -0.494 e. The quantitative estimate of drug-likeness (QED) is 0.377. The van der Waals surface area contributed by atoms with E-state index in [1.165, 1.54) is 0 Å². The Labute approximate surface area is 139 Å². The van der Waals surface area contributed by atoms with Gasteiger partial charge in [0.05, 0.1) is 19.8 Å². The molecule has 0 heterocycles. The van der Waals surface area contributed by atoms with Crippen LogP contribution >= 0.6 is 15.9 Å². The molecule has 0 aromatic heterocycles. The van der Waals surface area contributed by atoms with Gasteiger partial charge in [-0.1, -0.05) is 15.9 Å². The largest absolute Gasteiger partial charge is 0.494 e. The molecule has 0 spiro atoms. The first-order valence-corrected chi connectivity index (χ1v) is 8.09. The van der Waals surface area contributed by atoms with Crippen LogP contribution in [0.3, 0.4) is 0 Å². The molecule has 0 N–H and O–H groups in total. The predicted molar refractivity (Wildman–Crippen MR) is 85.6 cm³/mol. The van der Waals surface area contributed by atoms with E-state index in [1.807, 2.05) is 24.3 Å². The minimum absolute atomic E-state index is 0.240. The molecule has 0 aliphatic rings. The highest BCUT2D eigenvalue weighted by molar-refractivity contribution is 9.10. The van der Waals surface area contributed by atoms with Gasteiger partial charge in [0.25, 0.3) is 0 Å². The number of hydrogen-bond acceptors (Lipinski definition) is 5. The Hall–Kier alpha value is -1.56. The summed E-state index contributed by atoms with van der Waals surface area (Å²) in [6.45, 7) is 4.30. The van der Waals surface area contributed by atoms with Crippen LogP contribution in [0.2, 0.25) is 0 Å². The molecule has 0 bridgehead atoms. The molecule has 122 valence electrons. The summed E-state index contributed by atoms with van der Waals surface area (Å²) in [5, 5.41) is 0. The Morgan fingerprint density at radius 1 is 1.05 bits per heavy atom. The minimum atomic E-state index is -0.881. The fourth-order valence-electron chi connectivity index (χ4n) is 1.83. The van der Waals surface area contributed by atoms with E-state index in [0.29, 0.717) is 19.4 Å². The average molecular weight is 373 g/mol. The van der Waals surface area contributed by atoms with Crippen molar-refractivity contribution >= 4 is 27.9 Å². The van der Waals surface area contributed by atoms with Gasteiger partial charge in [-0.2, -0.15) is 0 Å². The second-order valence-electron chi connectivity index (χ2n) is 4.50. The summed E-state index contributed by atoms with van der Waals surface area (Å²) in [5.74, 6) is -1.21. The molecule has 0 atom stereocenters. The fraction of sp³-hybridized carbons (Fsp3) is 0.500. The van der Waals surface area contributed by atoms with Crippen molar-refractivity contribution in [1.82, 2.24) is 0 Å². The van der Waals surface area contributed by atoms with Crippen LogP contribution in [0.1, 0.15) is 26.7 Å². The smallest absolute Gasteiger partial charge is 0.320 e. The van der Waals surface area contributed by atoms with Gasteiger partial charge in [0.15, 0.2) is 5.92 Å². The Morgan fingerprint density at radius 2 is 1.59 bits per heavy atom. The number of benzene rings is 1. The first-order valence-electron chi connectivity index (χ1n) is 7.30. The first kappa shape index (κ1) is 18.5. The maximum Gasteiger partial charge on any atom is 0.320 e. The Morgan fingerprint density at radius 3 is 2.09 bits per heavy atom.